The van der Waals surface area contributed by atoms with E-state index >= 15 is 0 Å². The van der Waals surface area contributed by atoms with Gasteiger partial charge in [-0.3, -0.25) is 9.69 Å². The molecule has 0 aromatic carbocycles. The molecule has 0 spiro atoms. The van der Waals surface area contributed by atoms with E-state index in [0.29, 0.717) is 12.5 Å². The van der Waals surface area contributed by atoms with Crippen molar-refractivity contribution in [3.63, 3.8) is 0 Å². The second-order valence-corrected chi connectivity index (χ2v) is 4.85. The molecule has 2 N–H and O–H groups in total. The molecule has 90 valence electrons. The molecule has 3 amide bonds. The molecule has 5 nitrogen and oxygen atoms in total. The molecule has 0 aromatic rings. The van der Waals surface area contributed by atoms with E-state index in [1.807, 2.05) is 0 Å². The highest BCUT2D eigenvalue weighted by molar-refractivity contribution is 6.01. The molecule has 16 heavy (non-hydrogen) atoms. The Morgan fingerprint density at radius 2 is 2.00 bits per heavy atom. The first-order valence-corrected chi connectivity index (χ1v) is 5.90. The third kappa shape index (κ3) is 2.04. The SMILES string of the molecule is CN1CC(=O)N(CC(N)C2CCCC2)C1=O. The van der Waals surface area contributed by atoms with Gasteiger partial charge in [0.05, 0.1) is 0 Å². The number of hydrogen-bond donors (Lipinski definition) is 1. The number of carbonyl (C=O) groups is 2. The van der Waals surface area contributed by atoms with Gasteiger partial charge in [0.2, 0.25) is 5.91 Å². The van der Waals surface area contributed by atoms with Gasteiger partial charge in [0.15, 0.2) is 0 Å². The lowest BCUT2D eigenvalue weighted by molar-refractivity contribution is -0.125. The Hall–Kier alpha value is -1.10. The molecule has 0 bridgehead atoms. The third-order valence-corrected chi connectivity index (χ3v) is 3.63. The first kappa shape index (κ1) is 11.4. The van der Waals surface area contributed by atoms with E-state index in [1.165, 1.54) is 22.6 Å². The monoisotopic (exact) mass is 225 g/mol. The van der Waals surface area contributed by atoms with Gasteiger partial charge >= 0.3 is 6.03 Å². The zero-order valence-electron chi connectivity index (χ0n) is 9.69. The second-order valence-electron chi connectivity index (χ2n) is 4.85. The largest absolute Gasteiger partial charge is 0.327 e. The molecule has 2 fully saturated rings. The van der Waals surface area contributed by atoms with Crippen LogP contribution >= 0.6 is 0 Å². The zero-order valence-corrected chi connectivity index (χ0v) is 9.69. The Kier molecular flexibility index (Phi) is 3.14. The Labute approximate surface area is 95.6 Å². The van der Waals surface area contributed by atoms with E-state index in [2.05, 4.69) is 0 Å². The Morgan fingerprint density at radius 1 is 1.38 bits per heavy atom. The lowest BCUT2D eigenvalue weighted by Crippen LogP contribution is -2.44. The molecule has 1 unspecified atom stereocenters. The van der Waals surface area contributed by atoms with Crippen LogP contribution in [0.4, 0.5) is 4.79 Å². The van der Waals surface area contributed by atoms with Crippen LogP contribution in [0.25, 0.3) is 0 Å². The van der Waals surface area contributed by atoms with Crippen LogP contribution in [-0.2, 0) is 4.79 Å². The Bertz CT molecular complexity index is 300. The van der Waals surface area contributed by atoms with Crippen molar-refractivity contribution >= 4 is 11.9 Å². The van der Waals surface area contributed by atoms with E-state index in [0.717, 1.165) is 12.8 Å². The van der Waals surface area contributed by atoms with Crippen molar-refractivity contribution in [2.45, 2.75) is 31.7 Å². The number of hydrogen-bond acceptors (Lipinski definition) is 3. The van der Waals surface area contributed by atoms with Crippen molar-refractivity contribution in [3.05, 3.63) is 0 Å². The van der Waals surface area contributed by atoms with E-state index < -0.39 is 0 Å². The van der Waals surface area contributed by atoms with Crippen LogP contribution in [0.3, 0.4) is 0 Å². The molecule has 2 rings (SSSR count). The van der Waals surface area contributed by atoms with Gasteiger partial charge in [0, 0.05) is 19.6 Å². The summed E-state index contributed by atoms with van der Waals surface area (Å²) in [5, 5.41) is 0. The smallest absolute Gasteiger partial charge is 0.326 e. The van der Waals surface area contributed by atoms with Crippen LogP contribution in [0.1, 0.15) is 25.7 Å². The van der Waals surface area contributed by atoms with Gasteiger partial charge in [-0.25, -0.2) is 4.79 Å². The summed E-state index contributed by atoms with van der Waals surface area (Å²) in [6.45, 7) is 0.572. The average Bonchev–Trinajstić information content (AvgIpc) is 2.83. The van der Waals surface area contributed by atoms with Crippen molar-refractivity contribution in [1.29, 1.82) is 0 Å². The van der Waals surface area contributed by atoms with Gasteiger partial charge in [0.1, 0.15) is 6.54 Å². The Balaban J connectivity index is 1.93. The molecule has 2 aliphatic rings. The van der Waals surface area contributed by atoms with Gasteiger partial charge in [-0.05, 0) is 18.8 Å². The summed E-state index contributed by atoms with van der Waals surface area (Å²) in [4.78, 5) is 25.9. The van der Waals surface area contributed by atoms with Crippen molar-refractivity contribution in [2.24, 2.45) is 11.7 Å². The highest BCUT2D eigenvalue weighted by Gasteiger charge is 2.36. The predicted octanol–water partition coefficient (Wildman–Crippen LogP) is 0.398. The molecule has 1 atom stereocenters. The molecule has 0 radical (unpaired) electrons. The summed E-state index contributed by atoms with van der Waals surface area (Å²) in [6.07, 6.45) is 4.71. The topological polar surface area (TPSA) is 66.6 Å². The number of urea groups is 1. The number of nitrogens with zero attached hydrogens (tertiary/aromatic N) is 2. The fourth-order valence-electron chi connectivity index (χ4n) is 2.59. The predicted molar refractivity (Wildman–Crippen MR) is 59.7 cm³/mol. The van der Waals surface area contributed by atoms with Crippen LogP contribution in [0.2, 0.25) is 0 Å². The van der Waals surface area contributed by atoms with E-state index in [-0.39, 0.29) is 24.5 Å². The minimum absolute atomic E-state index is 0.0538. The normalized spacial score (nSPS) is 24.6. The van der Waals surface area contributed by atoms with Crippen LogP contribution < -0.4 is 5.73 Å². The standard InChI is InChI=1S/C11H19N3O2/c1-13-7-10(15)14(11(13)16)6-9(12)8-4-2-3-5-8/h8-9H,2-7,12H2,1H3. The summed E-state index contributed by atoms with van der Waals surface area (Å²) in [5.74, 6) is 0.354. The molecule has 1 aliphatic carbocycles. The lowest BCUT2D eigenvalue weighted by Gasteiger charge is -2.23. The summed E-state index contributed by atoms with van der Waals surface area (Å²) in [6, 6.07) is -0.264. The maximum Gasteiger partial charge on any atom is 0.327 e. The molecule has 1 heterocycles. The van der Waals surface area contributed by atoms with Crippen LogP contribution in [0.5, 0.6) is 0 Å². The number of imide groups is 1. The molecule has 5 heteroatoms. The highest BCUT2D eigenvalue weighted by atomic mass is 16.2. The van der Waals surface area contributed by atoms with Gasteiger partial charge < -0.3 is 10.6 Å². The molecule has 0 aromatic heterocycles. The third-order valence-electron chi connectivity index (χ3n) is 3.63. The second kappa shape index (κ2) is 4.41. The highest BCUT2D eigenvalue weighted by Crippen LogP contribution is 2.27. The molecule has 1 saturated carbocycles. The zero-order chi connectivity index (χ0) is 11.7. The quantitative estimate of drug-likeness (QED) is 0.707. The van der Waals surface area contributed by atoms with Crippen molar-refractivity contribution in [3.8, 4) is 0 Å². The van der Waals surface area contributed by atoms with Gasteiger partial charge in [-0.2, -0.15) is 0 Å². The van der Waals surface area contributed by atoms with E-state index in [1.54, 1.807) is 7.05 Å². The summed E-state index contributed by atoms with van der Waals surface area (Å²) < 4.78 is 0. The molecule has 1 saturated heterocycles. The van der Waals surface area contributed by atoms with Crippen LogP contribution in [0, 0.1) is 5.92 Å². The number of amides is 3. The van der Waals surface area contributed by atoms with Crippen molar-refractivity contribution in [2.75, 3.05) is 20.1 Å². The summed E-state index contributed by atoms with van der Waals surface area (Å²) in [5.41, 5.74) is 6.06. The Morgan fingerprint density at radius 3 is 2.50 bits per heavy atom. The average molecular weight is 225 g/mol. The maximum atomic E-state index is 11.6. The van der Waals surface area contributed by atoms with E-state index in [4.69, 9.17) is 5.73 Å². The summed E-state index contributed by atoms with van der Waals surface area (Å²) in [7, 11) is 1.64. The minimum Gasteiger partial charge on any atom is -0.326 e. The fraction of sp³-hybridized carbons (Fsp3) is 0.818. The first-order chi connectivity index (χ1) is 7.59. The number of nitrogens with two attached hydrogens (primary N) is 1. The van der Waals surface area contributed by atoms with Crippen LogP contribution in [-0.4, -0.2) is 47.9 Å². The molecular formula is C11H19N3O2. The van der Waals surface area contributed by atoms with E-state index in [9.17, 15) is 9.59 Å². The molecule has 1 aliphatic heterocycles. The first-order valence-electron chi connectivity index (χ1n) is 5.90. The number of likely N-dealkylation sites (N-methyl/N-ethyl adjacent to an activating group) is 1. The van der Waals surface area contributed by atoms with Crippen LogP contribution in [0.15, 0.2) is 0 Å². The fourth-order valence-corrected chi connectivity index (χ4v) is 2.59. The summed E-state index contributed by atoms with van der Waals surface area (Å²) >= 11 is 0. The lowest BCUT2D eigenvalue weighted by atomic mass is 9.99. The number of carbonyl (C=O) groups excluding carboxylic acids is 2. The maximum absolute atomic E-state index is 11.6. The van der Waals surface area contributed by atoms with Gasteiger partial charge in [-0.1, -0.05) is 12.8 Å². The minimum atomic E-state index is -0.210. The van der Waals surface area contributed by atoms with Crippen molar-refractivity contribution in [1.82, 2.24) is 9.80 Å². The molecular weight excluding hydrogens is 206 g/mol. The number of rotatable bonds is 3. The van der Waals surface area contributed by atoms with Gasteiger partial charge in [0.25, 0.3) is 0 Å². The van der Waals surface area contributed by atoms with Crippen molar-refractivity contribution < 1.29 is 9.59 Å². The van der Waals surface area contributed by atoms with Gasteiger partial charge in [-0.15, -0.1) is 0 Å².